The summed E-state index contributed by atoms with van der Waals surface area (Å²) in [7, 11) is 0. The summed E-state index contributed by atoms with van der Waals surface area (Å²) in [5.41, 5.74) is -1.05. The Morgan fingerprint density at radius 1 is 1.00 bits per heavy atom. The van der Waals surface area contributed by atoms with Gasteiger partial charge in [0.1, 0.15) is 0 Å². The van der Waals surface area contributed by atoms with Crippen LogP contribution in [0.5, 0.6) is 11.5 Å². The fraction of sp³-hybridized carbons (Fsp3) is 0.533. The van der Waals surface area contributed by atoms with Gasteiger partial charge in [0, 0.05) is 4.47 Å². The van der Waals surface area contributed by atoms with Crippen molar-refractivity contribution in [3.05, 3.63) is 22.2 Å². The smallest absolute Gasteiger partial charge is 0.481 e. The molecule has 0 aromatic heterocycles. The zero-order chi connectivity index (χ0) is 17.8. The van der Waals surface area contributed by atoms with E-state index in [1.807, 2.05) is 0 Å². The monoisotopic (exact) mass is 412 g/mol. The Labute approximate surface area is 142 Å². The van der Waals surface area contributed by atoms with Gasteiger partial charge >= 0.3 is 18.2 Å². The normalized spacial score (nSPS) is 23.5. The maximum absolute atomic E-state index is 13.4. The Morgan fingerprint density at radius 2 is 1.50 bits per heavy atom. The van der Waals surface area contributed by atoms with Gasteiger partial charge in [-0.1, -0.05) is 35.2 Å². The second-order valence-electron chi connectivity index (χ2n) is 5.96. The molecule has 1 saturated carbocycles. The molecule has 0 amide bonds. The Kier molecular flexibility index (Phi) is 3.97. The molecule has 1 aliphatic carbocycles. The van der Waals surface area contributed by atoms with Crippen molar-refractivity contribution in [1.29, 1.82) is 0 Å². The molecule has 0 saturated heterocycles. The number of aliphatic carboxylic acids is 1. The standard InChI is InChI=1S/C15H13BrF4O4/c16-9-7-11-10(23-14(17,18)15(19,20)24-11)6-8(9)13(12(21)22)4-2-1-3-5-13/h6-7H,1-5H2,(H,21,22). The van der Waals surface area contributed by atoms with Crippen LogP contribution in [-0.4, -0.2) is 23.3 Å². The Hall–Kier alpha value is -1.51. The summed E-state index contributed by atoms with van der Waals surface area (Å²) in [6.07, 6.45) is -6.78. The second-order valence-corrected chi connectivity index (χ2v) is 6.82. The second kappa shape index (κ2) is 5.50. The number of carboxylic acid groups (broad SMARTS) is 1. The molecule has 1 fully saturated rings. The third-order valence-electron chi connectivity index (χ3n) is 4.48. The summed E-state index contributed by atoms with van der Waals surface area (Å²) in [6, 6.07) is 2.11. The minimum atomic E-state index is -4.84. The lowest BCUT2D eigenvalue weighted by Crippen LogP contribution is -2.52. The highest BCUT2D eigenvalue weighted by atomic mass is 79.9. The van der Waals surface area contributed by atoms with Crippen molar-refractivity contribution in [2.45, 2.75) is 49.7 Å². The van der Waals surface area contributed by atoms with E-state index in [0.717, 1.165) is 18.6 Å². The number of fused-ring (bicyclic) bond motifs is 1. The molecule has 132 valence electrons. The van der Waals surface area contributed by atoms with Gasteiger partial charge in [0.2, 0.25) is 0 Å². The van der Waals surface area contributed by atoms with E-state index in [0.29, 0.717) is 25.7 Å². The molecule has 1 aromatic rings. The van der Waals surface area contributed by atoms with Crippen LogP contribution in [0.4, 0.5) is 17.6 Å². The van der Waals surface area contributed by atoms with E-state index in [-0.39, 0.29) is 10.0 Å². The summed E-state index contributed by atoms with van der Waals surface area (Å²) in [5.74, 6) is -2.26. The largest absolute Gasteiger partial charge is 0.507 e. The first kappa shape index (κ1) is 17.3. The van der Waals surface area contributed by atoms with Crippen LogP contribution in [0, 0.1) is 0 Å². The Bertz CT molecular complexity index is 686. The van der Waals surface area contributed by atoms with Gasteiger partial charge in [0.05, 0.1) is 5.41 Å². The van der Waals surface area contributed by atoms with Crippen LogP contribution in [0.3, 0.4) is 0 Å². The summed E-state index contributed by atoms with van der Waals surface area (Å²) < 4.78 is 61.6. The lowest BCUT2D eigenvalue weighted by molar-refractivity contribution is -0.391. The van der Waals surface area contributed by atoms with Gasteiger partial charge in [-0.2, -0.15) is 17.6 Å². The van der Waals surface area contributed by atoms with E-state index in [4.69, 9.17) is 0 Å². The van der Waals surface area contributed by atoms with E-state index < -0.39 is 35.1 Å². The van der Waals surface area contributed by atoms with Gasteiger partial charge in [0.15, 0.2) is 11.5 Å². The highest BCUT2D eigenvalue weighted by Crippen LogP contribution is 2.51. The number of ether oxygens (including phenoxy) is 2. The topological polar surface area (TPSA) is 55.8 Å². The van der Waals surface area contributed by atoms with E-state index >= 15 is 0 Å². The maximum Gasteiger partial charge on any atom is 0.507 e. The molecule has 2 aliphatic rings. The van der Waals surface area contributed by atoms with Crippen LogP contribution in [0.2, 0.25) is 0 Å². The zero-order valence-corrected chi connectivity index (χ0v) is 13.8. The lowest BCUT2D eigenvalue weighted by atomic mass is 9.69. The first-order valence-corrected chi connectivity index (χ1v) is 8.09. The van der Waals surface area contributed by atoms with E-state index in [1.54, 1.807) is 0 Å². The molecule has 0 bridgehead atoms. The van der Waals surface area contributed by atoms with Crippen molar-refractivity contribution in [2.24, 2.45) is 0 Å². The molecule has 1 aliphatic heterocycles. The molecular weight excluding hydrogens is 400 g/mol. The highest BCUT2D eigenvalue weighted by molar-refractivity contribution is 9.10. The van der Waals surface area contributed by atoms with Crippen molar-refractivity contribution in [3.63, 3.8) is 0 Å². The van der Waals surface area contributed by atoms with Gasteiger partial charge in [-0.05, 0) is 30.5 Å². The predicted octanol–water partition coefficient (Wildman–Crippen LogP) is 4.69. The molecule has 1 heterocycles. The van der Waals surface area contributed by atoms with Crippen LogP contribution in [0.1, 0.15) is 37.7 Å². The van der Waals surface area contributed by atoms with Gasteiger partial charge in [-0.15, -0.1) is 0 Å². The molecule has 1 aromatic carbocycles. The van der Waals surface area contributed by atoms with Crippen LogP contribution >= 0.6 is 15.9 Å². The number of alkyl halides is 4. The number of carboxylic acids is 1. The van der Waals surface area contributed by atoms with E-state index in [9.17, 15) is 27.5 Å². The first-order chi connectivity index (χ1) is 11.1. The van der Waals surface area contributed by atoms with Crippen LogP contribution < -0.4 is 9.47 Å². The van der Waals surface area contributed by atoms with Crippen molar-refractivity contribution in [2.75, 3.05) is 0 Å². The average molecular weight is 413 g/mol. The molecular formula is C15H13BrF4O4. The number of hydrogen-bond acceptors (Lipinski definition) is 3. The minimum Gasteiger partial charge on any atom is -0.481 e. The Balaban J connectivity index is 2.11. The predicted molar refractivity (Wildman–Crippen MR) is 77.7 cm³/mol. The number of carbonyl (C=O) groups is 1. The minimum absolute atomic E-state index is 0.204. The van der Waals surface area contributed by atoms with Gasteiger partial charge in [-0.3, -0.25) is 4.79 Å². The number of hydrogen-bond donors (Lipinski definition) is 1. The van der Waals surface area contributed by atoms with Crippen LogP contribution in [0.25, 0.3) is 0 Å². The van der Waals surface area contributed by atoms with E-state index in [2.05, 4.69) is 25.4 Å². The molecule has 0 atom stereocenters. The van der Waals surface area contributed by atoms with Crippen LogP contribution in [0.15, 0.2) is 16.6 Å². The molecule has 0 spiro atoms. The number of benzene rings is 1. The highest BCUT2D eigenvalue weighted by Gasteiger charge is 2.66. The van der Waals surface area contributed by atoms with Gasteiger partial charge in [-0.25, -0.2) is 0 Å². The van der Waals surface area contributed by atoms with Crippen LogP contribution in [-0.2, 0) is 10.2 Å². The first-order valence-electron chi connectivity index (χ1n) is 7.30. The summed E-state index contributed by atoms with van der Waals surface area (Å²) in [5, 5.41) is 9.70. The molecule has 24 heavy (non-hydrogen) atoms. The molecule has 3 rings (SSSR count). The van der Waals surface area contributed by atoms with Crippen molar-refractivity contribution < 1.29 is 36.9 Å². The fourth-order valence-electron chi connectivity index (χ4n) is 3.21. The zero-order valence-electron chi connectivity index (χ0n) is 12.3. The quantitative estimate of drug-likeness (QED) is 0.715. The number of rotatable bonds is 2. The number of halogens is 5. The van der Waals surface area contributed by atoms with E-state index in [1.165, 1.54) is 0 Å². The van der Waals surface area contributed by atoms with Crippen molar-refractivity contribution in [3.8, 4) is 11.5 Å². The Morgan fingerprint density at radius 3 is 2.00 bits per heavy atom. The summed E-state index contributed by atoms with van der Waals surface area (Å²) in [6.45, 7) is 0. The summed E-state index contributed by atoms with van der Waals surface area (Å²) >= 11 is 3.15. The molecule has 0 unspecified atom stereocenters. The van der Waals surface area contributed by atoms with Gasteiger partial charge in [0.25, 0.3) is 0 Å². The SMILES string of the molecule is O=C(O)C1(c2cc3c(cc2Br)OC(F)(F)C(F)(F)O3)CCCCC1. The molecule has 4 nitrogen and oxygen atoms in total. The molecule has 1 N–H and O–H groups in total. The maximum atomic E-state index is 13.4. The molecule has 9 heteroatoms. The van der Waals surface area contributed by atoms with Crippen molar-refractivity contribution in [1.82, 2.24) is 0 Å². The lowest BCUT2D eigenvalue weighted by Gasteiger charge is -2.36. The third kappa shape index (κ3) is 2.53. The average Bonchev–Trinajstić information content (AvgIpc) is 2.48. The fourth-order valence-corrected chi connectivity index (χ4v) is 3.91. The third-order valence-corrected chi connectivity index (χ3v) is 5.14. The summed E-state index contributed by atoms with van der Waals surface area (Å²) in [4.78, 5) is 11.9. The molecule has 0 radical (unpaired) electrons. The van der Waals surface area contributed by atoms with Gasteiger partial charge < -0.3 is 14.6 Å². The van der Waals surface area contributed by atoms with Crippen molar-refractivity contribution >= 4 is 21.9 Å².